The Morgan fingerprint density at radius 1 is 1.09 bits per heavy atom. The zero-order valence-electron chi connectivity index (χ0n) is 12.2. The number of ketones is 1. The topological polar surface area (TPSA) is 39.2 Å². The van der Waals surface area contributed by atoms with Crippen molar-refractivity contribution in [3.63, 3.8) is 0 Å². The second-order valence-corrected chi connectivity index (χ2v) is 4.91. The van der Waals surface area contributed by atoms with Crippen molar-refractivity contribution in [2.24, 2.45) is 0 Å². The van der Waals surface area contributed by atoms with E-state index in [-0.39, 0.29) is 5.78 Å². The highest BCUT2D eigenvalue weighted by molar-refractivity contribution is 6.08. The van der Waals surface area contributed by atoms with Crippen LogP contribution in [0.25, 0.3) is 16.8 Å². The van der Waals surface area contributed by atoms with Crippen molar-refractivity contribution < 1.29 is 9.53 Å². The summed E-state index contributed by atoms with van der Waals surface area (Å²) < 4.78 is 5.20. The first-order chi connectivity index (χ1) is 10.8. The van der Waals surface area contributed by atoms with Crippen LogP contribution in [0, 0.1) is 0 Å². The van der Waals surface area contributed by atoms with Gasteiger partial charge in [0.1, 0.15) is 5.75 Å². The molecule has 1 heterocycles. The van der Waals surface area contributed by atoms with Crippen LogP contribution in [0.2, 0.25) is 0 Å². The van der Waals surface area contributed by atoms with Crippen LogP contribution < -0.4 is 4.74 Å². The molecule has 0 aliphatic carbocycles. The largest absolute Gasteiger partial charge is 0.497 e. The summed E-state index contributed by atoms with van der Waals surface area (Å²) in [5.74, 6) is 0.782. The maximum atomic E-state index is 12.3. The maximum absolute atomic E-state index is 12.3. The summed E-state index contributed by atoms with van der Waals surface area (Å²) in [5.41, 5.74) is 1.57. The minimum atomic E-state index is -0.0263. The van der Waals surface area contributed by atoms with Gasteiger partial charge in [-0.2, -0.15) is 0 Å². The first-order valence-corrected chi connectivity index (χ1v) is 6.96. The highest BCUT2D eigenvalue weighted by atomic mass is 16.5. The zero-order valence-corrected chi connectivity index (χ0v) is 12.2. The van der Waals surface area contributed by atoms with Crippen molar-refractivity contribution in [3.05, 3.63) is 78.1 Å². The van der Waals surface area contributed by atoms with E-state index < -0.39 is 0 Å². The average molecular weight is 289 g/mol. The van der Waals surface area contributed by atoms with Crippen molar-refractivity contribution in [1.29, 1.82) is 0 Å². The number of hydrogen-bond acceptors (Lipinski definition) is 3. The molecule has 0 saturated heterocycles. The molecule has 0 aliphatic rings. The molecule has 0 unspecified atom stereocenters. The third-order valence-corrected chi connectivity index (χ3v) is 3.44. The van der Waals surface area contributed by atoms with E-state index >= 15 is 0 Å². The molecule has 108 valence electrons. The molecule has 3 aromatic rings. The van der Waals surface area contributed by atoms with Crippen LogP contribution in [0.5, 0.6) is 5.75 Å². The molecule has 3 heteroatoms. The summed E-state index contributed by atoms with van der Waals surface area (Å²) in [7, 11) is 1.64. The van der Waals surface area contributed by atoms with Crippen molar-refractivity contribution in [1.82, 2.24) is 4.98 Å². The molecule has 0 aliphatic heterocycles. The van der Waals surface area contributed by atoms with Crippen LogP contribution in [0.1, 0.15) is 15.9 Å². The third-order valence-electron chi connectivity index (χ3n) is 3.44. The lowest BCUT2D eigenvalue weighted by Crippen LogP contribution is -1.94. The van der Waals surface area contributed by atoms with E-state index in [1.807, 2.05) is 48.5 Å². The van der Waals surface area contributed by atoms with Gasteiger partial charge in [0.25, 0.3) is 0 Å². The number of methoxy groups -OCH3 is 1. The molecule has 1 aromatic heterocycles. The van der Waals surface area contributed by atoms with E-state index in [1.54, 1.807) is 31.7 Å². The van der Waals surface area contributed by atoms with Crippen molar-refractivity contribution in [2.75, 3.05) is 7.11 Å². The van der Waals surface area contributed by atoms with Gasteiger partial charge in [0.2, 0.25) is 0 Å². The average Bonchev–Trinajstić information content (AvgIpc) is 2.59. The molecule has 2 aromatic carbocycles. The van der Waals surface area contributed by atoms with Crippen LogP contribution in [0.3, 0.4) is 0 Å². The van der Waals surface area contributed by atoms with E-state index in [2.05, 4.69) is 4.98 Å². The molecule has 0 fully saturated rings. The number of pyridine rings is 1. The van der Waals surface area contributed by atoms with Crippen LogP contribution in [0.4, 0.5) is 0 Å². The van der Waals surface area contributed by atoms with Crippen molar-refractivity contribution in [2.45, 2.75) is 0 Å². The fraction of sp³-hybridized carbons (Fsp3) is 0.0526. The van der Waals surface area contributed by atoms with Crippen molar-refractivity contribution >= 4 is 22.6 Å². The van der Waals surface area contributed by atoms with Gasteiger partial charge in [-0.1, -0.05) is 24.3 Å². The van der Waals surface area contributed by atoms with Gasteiger partial charge in [-0.05, 0) is 52.8 Å². The first-order valence-electron chi connectivity index (χ1n) is 6.96. The second-order valence-electron chi connectivity index (χ2n) is 4.91. The smallest absolute Gasteiger partial charge is 0.185 e. The predicted molar refractivity (Wildman–Crippen MR) is 88.1 cm³/mol. The van der Waals surface area contributed by atoms with Crippen molar-refractivity contribution in [3.8, 4) is 5.75 Å². The SMILES string of the molecule is COc1ccc2cc(C(=O)C=Cc3cccnc3)ccc2c1. The molecule has 0 spiro atoms. The summed E-state index contributed by atoms with van der Waals surface area (Å²) in [6.45, 7) is 0. The van der Waals surface area contributed by atoms with Crippen LogP contribution in [-0.2, 0) is 0 Å². The minimum Gasteiger partial charge on any atom is -0.497 e. The van der Waals surface area contributed by atoms with Crippen LogP contribution in [-0.4, -0.2) is 17.9 Å². The normalized spacial score (nSPS) is 11.0. The van der Waals surface area contributed by atoms with Gasteiger partial charge in [0, 0.05) is 18.0 Å². The van der Waals surface area contributed by atoms with E-state index in [4.69, 9.17) is 4.74 Å². The molecule has 0 saturated carbocycles. The number of carbonyl (C=O) groups is 1. The van der Waals surface area contributed by atoms with Crippen LogP contribution in [0.15, 0.2) is 67.0 Å². The van der Waals surface area contributed by atoms with E-state index in [0.717, 1.165) is 22.1 Å². The first kappa shape index (κ1) is 14.0. The summed E-state index contributed by atoms with van der Waals surface area (Å²) in [6.07, 6.45) is 6.77. The Morgan fingerprint density at radius 3 is 2.68 bits per heavy atom. The Bertz CT molecular complexity index is 838. The number of aromatic nitrogens is 1. The Kier molecular flexibility index (Phi) is 3.97. The van der Waals surface area contributed by atoms with Crippen LogP contribution >= 0.6 is 0 Å². The molecular formula is C19H15NO2. The number of rotatable bonds is 4. The number of ether oxygens (including phenoxy) is 1. The molecule has 0 atom stereocenters. The molecule has 0 amide bonds. The molecule has 3 rings (SSSR count). The number of hydrogen-bond donors (Lipinski definition) is 0. The number of fused-ring (bicyclic) bond motifs is 1. The molecule has 22 heavy (non-hydrogen) atoms. The lowest BCUT2D eigenvalue weighted by atomic mass is 10.0. The van der Waals surface area contributed by atoms with Gasteiger partial charge in [-0.15, -0.1) is 0 Å². The Hall–Kier alpha value is -2.94. The highest BCUT2D eigenvalue weighted by Gasteiger charge is 2.04. The lowest BCUT2D eigenvalue weighted by Gasteiger charge is -2.04. The summed E-state index contributed by atoms with van der Waals surface area (Å²) in [4.78, 5) is 16.3. The monoisotopic (exact) mass is 289 g/mol. The minimum absolute atomic E-state index is 0.0263. The molecular weight excluding hydrogens is 274 g/mol. The molecule has 0 radical (unpaired) electrons. The summed E-state index contributed by atoms with van der Waals surface area (Å²) in [5, 5.41) is 2.06. The molecule has 3 nitrogen and oxygen atoms in total. The molecule has 0 N–H and O–H groups in total. The van der Waals surface area contributed by atoms with Gasteiger partial charge in [0.05, 0.1) is 7.11 Å². The standard InChI is InChI=1S/C19H15NO2/c1-22-18-8-7-15-11-17(6-5-16(15)12-18)19(21)9-4-14-3-2-10-20-13-14/h2-13H,1H3. The number of allylic oxidation sites excluding steroid dienone is 1. The predicted octanol–water partition coefficient (Wildman–Crippen LogP) is 4.14. The van der Waals surface area contributed by atoms with Gasteiger partial charge < -0.3 is 4.74 Å². The van der Waals surface area contributed by atoms with Gasteiger partial charge in [0.15, 0.2) is 5.78 Å². The fourth-order valence-corrected chi connectivity index (χ4v) is 2.25. The Labute approximate surface area is 128 Å². The zero-order chi connectivity index (χ0) is 15.4. The highest BCUT2D eigenvalue weighted by Crippen LogP contribution is 2.22. The van der Waals surface area contributed by atoms with E-state index in [1.165, 1.54) is 0 Å². The fourth-order valence-electron chi connectivity index (χ4n) is 2.25. The summed E-state index contributed by atoms with van der Waals surface area (Å²) in [6, 6.07) is 15.2. The molecule has 0 bridgehead atoms. The summed E-state index contributed by atoms with van der Waals surface area (Å²) >= 11 is 0. The van der Waals surface area contributed by atoms with E-state index in [0.29, 0.717) is 5.56 Å². The number of nitrogens with zero attached hydrogens (tertiary/aromatic N) is 1. The Morgan fingerprint density at radius 2 is 1.91 bits per heavy atom. The quantitative estimate of drug-likeness (QED) is 0.535. The second kappa shape index (κ2) is 6.22. The number of benzene rings is 2. The Balaban J connectivity index is 1.86. The third kappa shape index (κ3) is 3.04. The van der Waals surface area contributed by atoms with Gasteiger partial charge in [-0.25, -0.2) is 0 Å². The van der Waals surface area contributed by atoms with Gasteiger partial charge in [-0.3, -0.25) is 9.78 Å². The van der Waals surface area contributed by atoms with E-state index in [9.17, 15) is 4.79 Å². The lowest BCUT2D eigenvalue weighted by molar-refractivity contribution is 0.104. The van der Waals surface area contributed by atoms with Gasteiger partial charge >= 0.3 is 0 Å². The maximum Gasteiger partial charge on any atom is 0.185 e. The number of carbonyl (C=O) groups excluding carboxylic acids is 1.